The maximum absolute atomic E-state index is 12.7. The molecule has 2 aromatic rings. The third-order valence-corrected chi connectivity index (χ3v) is 6.16. The zero-order valence-corrected chi connectivity index (χ0v) is 15.5. The highest BCUT2D eigenvalue weighted by molar-refractivity contribution is 5.83. The first-order chi connectivity index (χ1) is 13.1. The highest BCUT2D eigenvalue weighted by Crippen LogP contribution is 2.53. The second-order valence-electron chi connectivity index (χ2n) is 8.02. The van der Waals surface area contributed by atoms with E-state index in [0.717, 1.165) is 49.2 Å². The molecule has 1 spiro atoms. The van der Waals surface area contributed by atoms with Gasteiger partial charge in [-0.1, -0.05) is 5.10 Å². The third kappa shape index (κ3) is 3.15. The van der Waals surface area contributed by atoms with E-state index in [2.05, 4.69) is 15.5 Å². The van der Waals surface area contributed by atoms with Gasteiger partial charge < -0.3 is 19.4 Å². The van der Waals surface area contributed by atoms with Crippen LogP contribution < -0.4 is 10.1 Å². The van der Waals surface area contributed by atoms with Gasteiger partial charge in [-0.25, -0.2) is 0 Å². The number of benzene rings is 1. The van der Waals surface area contributed by atoms with Crippen molar-refractivity contribution in [3.05, 3.63) is 23.8 Å². The summed E-state index contributed by atoms with van der Waals surface area (Å²) < 4.78 is 11.3. The van der Waals surface area contributed by atoms with Gasteiger partial charge in [0.2, 0.25) is 11.8 Å². The fourth-order valence-electron chi connectivity index (χ4n) is 4.12. The van der Waals surface area contributed by atoms with Crippen LogP contribution in [0.5, 0.6) is 5.75 Å². The number of hydrogen-bond acceptors (Lipinski definition) is 6. The molecule has 2 fully saturated rings. The quantitative estimate of drug-likeness (QED) is 0.894. The topological polar surface area (TPSA) is 80.5 Å². The maximum atomic E-state index is 12.7. The van der Waals surface area contributed by atoms with Crippen molar-refractivity contribution in [1.29, 1.82) is 0 Å². The standard InChI is InChI=1S/C20H24N4O3/c1-13(18(25)24-9-7-20(5-6-20)8-10-24)21-19-23-22-17(27-19)15-2-3-16-14(12-15)4-11-26-16/h2-3,12-13H,4-11H2,1H3,(H,21,23)/t13-/m1/s1. The second-order valence-corrected chi connectivity index (χ2v) is 8.02. The molecule has 1 aromatic heterocycles. The van der Waals surface area contributed by atoms with E-state index < -0.39 is 0 Å². The summed E-state index contributed by atoms with van der Waals surface area (Å²) in [6.07, 6.45) is 5.84. The first-order valence-electron chi connectivity index (χ1n) is 9.77. The van der Waals surface area contributed by atoms with E-state index >= 15 is 0 Å². The molecular formula is C20H24N4O3. The Morgan fingerprint density at radius 3 is 2.81 bits per heavy atom. The van der Waals surface area contributed by atoms with Gasteiger partial charge in [0.15, 0.2) is 0 Å². The Labute approximate surface area is 158 Å². The van der Waals surface area contributed by atoms with Crippen LogP contribution in [0.3, 0.4) is 0 Å². The molecule has 1 saturated heterocycles. The van der Waals surface area contributed by atoms with Crippen molar-refractivity contribution in [3.8, 4) is 17.2 Å². The van der Waals surface area contributed by atoms with Gasteiger partial charge in [0.1, 0.15) is 11.8 Å². The summed E-state index contributed by atoms with van der Waals surface area (Å²) in [6, 6.07) is 5.76. The highest BCUT2D eigenvalue weighted by Gasteiger charge is 2.45. The zero-order chi connectivity index (χ0) is 18.4. The summed E-state index contributed by atoms with van der Waals surface area (Å²) in [5, 5.41) is 11.2. The first kappa shape index (κ1) is 16.6. The number of rotatable bonds is 4. The van der Waals surface area contributed by atoms with E-state index in [1.54, 1.807) is 0 Å². The molecule has 0 radical (unpaired) electrons. The maximum Gasteiger partial charge on any atom is 0.316 e. The van der Waals surface area contributed by atoms with Crippen LogP contribution in [-0.2, 0) is 11.2 Å². The van der Waals surface area contributed by atoms with E-state index in [1.165, 1.54) is 12.8 Å². The molecule has 0 bridgehead atoms. The number of ether oxygens (including phenoxy) is 1. The largest absolute Gasteiger partial charge is 0.493 e. The lowest BCUT2D eigenvalue weighted by atomic mass is 9.93. The van der Waals surface area contributed by atoms with E-state index in [1.807, 2.05) is 30.0 Å². The molecule has 0 unspecified atom stereocenters. The molecule has 1 aromatic carbocycles. The number of carbonyl (C=O) groups excluding carboxylic acids is 1. The zero-order valence-electron chi connectivity index (χ0n) is 15.5. The van der Waals surface area contributed by atoms with E-state index in [9.17, 15) is 4.79 Å². The lowest BCUT2D eigenvalue weighted by Gasteiger charge is -2.33. The lowest BCUT2D eigenvalue weighted by Crippen LogP contribution is -2.45. The highest BCUT2D eigenvalue weighted by atomic mass is 16.5. The summed E-state index contributed by atoms with van der Waals surface area (Å²) in [5.41, 5.74) is 2.59. The average molecular weight is 368 g/mol. The number of aromatic nitrogens is 2. The fraction of sp³-hybridized carbons (Fsp3) is 0.550. The van der Waals surface area contributed by atoms with Gasteiger partial charge >= 0.3 is 6.01 Å². The molecule has 1 saturated carbocycles. The molecule has 1 N–H and O–H groups in total. The number of carbonyl (C=O) groups is 1. The number of fused-ring (bicyclic) bond motifs is 1. The van der Waals surface area contributed by atoms with Crippen LogP contribution in [0.1, 0.15) is 38.2 Å². The minimum Gasteiger partial charge on any atom is -0.493 e. The Balaban J connectivity index is 1.23. The second kappa shape index (κ2) is 6.25. The normalized spacial score (nSPS) is 20.9. The monoisotopic (exact) mass is 368 g/mol. The van der Waals surface area contributed by atoms with Crippen LogP contribution in [0.25, 0.3) is 11.5 Å². The molecular weight excluding hydrogens is 344 g/mol. The molecule has 5 rings (SSSR count). The number of amides is 1. The number of nitrogens with zero attached hydrogens (tertiary/aromatic N) is 3. The van der Waals surface area contributed by atoms with Crippen LogP contribution >= 0.6 is 0 Å². The predicted octanol–water partition coefficient (Wildman–Crippen LogP) is 2.87. The summed E-state index contributed by atoms with van der Waals surface area (Å²) in [7, 11) is 0. The van der Waals surface area contributed by atoms with Crippen molar-refractivity contribution in [1.82, 2.24) is 15.1 Å². The molecule has 1 aliphatic carbocycles. The van der Waals surface area contributed by atoms with Crippen LogP contribution in [0.15, 0.2) is 22.6 Å². The molecule has 2 aliphatic heterocycles. The predicted molar refractivity (Wildman–Crippen MR) is 99.5 cm³/mol. The van der Waals surface area contributed by atoms with Crippen LogP contribution in [0.4, 0.5) is 6.01 Å². The molecule has 3 heterocycles. The van der Waals surface area contributed by atoms with Gasteiger partial charge in [-0.2, -0.15) is 0 Å². The van der Waals surface area contributed by atoms with E-state index in [0.29, 0.717) is 17.9 Å². The van der Waals surface area contributed by atoms with Crippen molar-refractivity contribution >= 4 is 11.9 Å². The van der Waals surface area contributed by atoms with Gasteiger partial charge in [0.25, 0.3) is 0 Å². The fourth-order valence-corrected chi connectivity index (χ4v) is 4.12. The minimum absolute atomic E-state index is 0.0972. The summed E-state index contributed by atoms with van der Waals surface area (Å²) in [5.74, 6) is 1.46. The average Bonchev–Trinajstić information content (AvgIpc) is 3.10. The van der Waals surface area contributed by atoms with Gasteiger partial charge in [-0.3, -0.25) is 4.79 Å². The van der Waals surface area contributed by atoms with Crippen molar-refractivity contribution in [2.75, 3.05) is 25.0 Å². The number of hydrogen-bond donors (Lipinski definition) is 1. The number of nitrogens with one attached hydrogen (secondary N) is 1. The molecule has 3 aliphatic rings. The van der Waals surface area contributed by atoms with Crippen molar-refractivity contribution < 1.29 is 13.9 Å². The van der Waals surface area contributed by atoms with Crippen molar-refractivity contribution in [3.63, 3.8) is 0 Å². The summed E-state index contributed by atoms with van der Waals surface area (Å²) in [6.45, 7) is 4.28. The summed E-state index contributed by atoms with van der Waals surface area (Å²) in [4.78, 5) is 14.7. The van der Waals surface area contributed by atoms with Gasteiger partial charge in [0, 0.05) is 25.1 Å². The molecule has 1 amide bonds. The Morgan fingerprint density at radius 1 is 1.22 bits per heavy atom. The molecule has 7 heteroatoms. The first-order valence-corrected chi connectivity index (χ1v) is 9.77. The van der Waals surface area contributed by atoms with Crippen LogP contribution in [0, 0.1) is 5.41 Å². The Bertz CT molecular complexity index is 864. The van der Waals surface area contributed by atoms with E-state index in [-0.39, 0.29) is 18.0 Å². The number of likely N-dealkylation sites (tertiary alicyclic amines) is 1. The minimum atomic E-state index is -0.389. The smallest absolute Gasteiger partial charge is 0.316 e. The SMILES string of the molecule is C[C@@H](Nc1nnc(-c2ccc3c(c2)CCO3)o1)C(=O)N1CCC2(CC1)CC2. The Kier molecular flexibility index (Phi) is 3.84. The van der Waals surface area contributed by atoms with Crippen molar-refractivity contribution in [2.24, 2.45) is 5.41 Å². The summed E-state index contributed by atoms with van der Waals surface area (Å²) >= 11 is 0. The Morgan fingerprint density at radius 2 is 2.04 bits per heavy atom. The molecule has 7 nitrogen and oxygen atoms in total. The van der Waals surface area contributed by atoms with Crippen molar-refractivity contribution in [2.45, 2.75) is 45.1 Å². The molecule has 27 heavy (non-hydrogen) atoms. The lowest BCUT2D eigenvalue weighted by molar-refractivity contribution is -0.133. The van der Waals surface area contributed by atoms with Gasteiger partial charge in [0.05, 0.1) is 6.61 Å². The Hall–Kier alpha value is -2.57. The van der Waals surface area contributed by atoms with Gasteiger partial charge in [-0.05, 0) is 61.8 Å². The number of anilines is 1. The van der Waals surface area contributed by atoms with Crippen LogP contribution in [-0.4, -0.2) is 46.7 Å². The number of piperidine rings is 1. The molecule has 142 valence electrons. The van der Waals surface area contributed by atoms with Crippen LogP contribution in [0.2, 0.25) is 0 Å². The molecule has 1 atom stereocenters. The van der Waals surface area contributed by atoms with E-state index in [4.69, 9.17) is 9.15 Å². The third-order valence-electron chi connectivity index (χ3n) is 6.16. The van der Waals surface area contributed by atoms with Gasteiger partial charge in [-0.15, -0.1) is 5.10 Å².